The van der Waals surface area contributed by atoms with Crippen LogP contribution >= 0.6 is 0 Å². The first-order valence-electron chi connectivity index (χ1n) is 4.51. The summed E-state index contributed by atoms with van der Waals surface area (Å²) in [7, 11) is 4.21. The molecule has 1 heterocycles. The Balaban J connectivity index is 2.48. The number of likely N-dealkylation sites (N-methyl/N-ethyl adjacent to an activating group) is 1. The fourth-order valence-corrected chi connectivity index (χ4v) is 2.03. The van der Waals surface area contributed by atoms with Gasteiger partial charge in [-0.1, -0.05) is 0 Å². The molecule has 2 unspecified atom stereocenters. The molecule has 0 N–H and O–H groups in total. The molecule has 0 aromatic carbocycles. The van der Waals surface area contributed by atoms with Crippen LogP contribution in [0.2, 0.25) is 0 Å². The van der Waals surface area contributed by atoms with Gasteiger partial charge in [-0.2, -0.15) is 0 Å². The molecule has 12 heavy (non-hydrogen) atoms. The van der Waals surface area contributed by atoms with Crippen molar-refractivity contribution in [2.45, 2.75) is 25.4 Å². The second-order valence-electron chi connectivity index (χ2n) is 3.72. The molecule has 0 bridgehead atoms. The molecule has 2 atom stereocenters. The number of carbonyl (C=O) groups excluding carboxylic acids is 1. The molecule has 1 saturated heterocycles. The number of hydrogen-bond donors (Lipinski definition) is 0. The molecule has 0 saturated carbocycles. The van der Waals surface area contributed by atoms with Crippen molar-refractivity contribution in [2.75, 3.05) is 27.2 Å². The van der Waals surface area contributed by atoms with E-state index in [-0.39, 0.29) is 0 Å². The average molecular weight is 170 g/mol. The number of aldehydes is 1. The third kappa shape index (κ3) is 1.84. The van der Waals surface area contributed by atoms with E-state index in [1.165, 1.54) is 6.42 Å². The quantitative estimate of drug-likeness (QED) is 0.566. The average Bonchev–Trinajstić information content (AvgIpc) is 2.34. The summed E-state index contributed by atoms with van der Waals surface area (Å²) >= 11 is 0. The number of carbonyl (C=O) groups is 1. The van der Waals surface area contributed by atoms with E-state index < -0.39 is 0 Å². The van der Waals surface area contributed by atoms with Crippen LogP contribution in [-0.2, 0) is 4.79 Å². The van der Waals surface area contributed by atoms with E-state index in [4.69, 9.17) is 0 Å². The van der Waals surface area contributed by atoms with Gasteiger partial charge in [-0.05, 0) is 27.4 Å². The lowest BCUT2D eigenvalue weighted by atomic mass is 10.1. The van der Waals surface area contributed by atoms with E-state index in [2.05, 4.69) is 30.8 Å². The van der Waals surface area contributed by atoms with Crippen LogP contribution in [0.25, 0.3) is 0 Å². The van der Waals surface area contributed by atoms with Crippen LogP contribution in [0.3, 0.4) is 0 Å². The molecule has 0 aromatic rings. The standard InChI is InChI=1S/C9H18N2O/c1-8-9(10(2)3)4-5-11(8)6-7-12/h7-9H,4-6H2,1-3H3. The number of hydrogen-bond acceptors (Lipinski definition) is 3. The zero-order chi connectivity index (χ0) is 9.14. The maximum Gasteiger partial charge on any atom is 0.133 e. The van der Waals surface area contributed by atoms with Crippen LogP contribution in [0, 0.1) is 0 Å². The Morgan fingerprint density at radius 1 is 1.58 bits per heavy atom. The van der Waals surface area contributed by atoms with Gasteiger partial charge in [-0.3, -0.25) is 4.90 Å². The van der Waals surface area contributed by atoms with Crippen molar-refractivity contribution in [3.63, 3.8) is 0 Å². The molecule has 0 aliphatic carbocycles. The molecule has 0 amide bonds. The molecule has 70 valence electrons. The van der Waals surface area contributed by atoms with Gasteiger partial charge in [0.15, 0.2) is 0 Å². The SMILES string of the molecule is CC1C(N(C)C)CCN1CC=O. The smallest absolute Gasteiger partial charge is 0.133 e. The van der Waals surface area contributed by atoms with E-state index in [1.807, 2.05) is 0 Å². The van der Waals surface area contributed by atoms with Gasteiger partial charge in [0.2, 0.25) is 0 Å². The number of likely N-dealkylation sites (tertiary alicyclic amines) is 1. The van der Waals surface area contributed by atoms with Crippen molar-refractivity contribution < 1.29 is 4.79 Å². The fraction of sp³-hybridized carbons (Fsp3) is 0.889. The highest BCUT2D eigenvalue weighted by atomic mass is 16.1. The van der Waals surface area contributed by atoms with E-state index in [1.54, 1.807) is 0 Å². The Morgan fingerprint density at radius 3 is 2.67 bits per heavy atom. The summed E-state index contributed by atoms with van der Waals surface area (Å²) in [5.41, 5.74) is 0. The van der Waals surface area contributed by atoms with Crippen molar-refractivity contribution in [3.05, 3.63) is 0 Å². The monoisotopic (exact) mass is 170 g/mol. The molecular formula is C9H18N2O. The van der Waals surface area contributed by atoms with Gasteiger partial charge in [0.05, 0.1) is 6.54 Å². The van der Waals surface area contributed by atoms with E-state index in [0.717, 1.165) is 12.8 Å². The predicted molar refractivity (Wildman–Crippen MR) is 49.2 cm³/mol. The van der Waals surface area contributed by atoms with Crippen molar-refractivity contribution in [1.29, 1.82) is 0 Å². The highest BCUT2D eigenvalue weighted by Gasteiger charge is 2.31. The van der Waals surface area contributed by atoms with Crippen LogP contribution in [-0.4, -0.2) is 55.4 Å². The molecule has 0 aromatic heterocycles. The Kier molecular flexibility index (Phi) is 3.23. The van der Waals surface area contributed by atoms with Crippen LogP contribution < -0.4 is 0 Å². The summed E-state index contributed by atoms with van der Waals surface area (Å²) in [6, 6.07) is 1.13. The highest BCUT2D eigenvalue weighted by Crippen LogP contribution is 2.19. The molecule has 1 aliphatic heterocycles. The third-order valence-electron chi connectivity index (χ3n) is 2.82. The summed E-state index contributed by atoms with van der Waals surface area (Å²) in [5, 5.41) is 0. The first-order chi connectivity index (χ1) is 5.66. The first kappa shape index (κ1) is 9.68. The second kappa shape index (κ2) is 4.01. The topological polar surface area (TPSA) is 23.6 Å². The zero-order valence-electron chi connectivity index (χ0n) is 8.16. The van der Waals surface area contributed by atoms with Crippen molar-refractivity contribution in [1.82, 2.24) is 9.80 Å². The lowest BCUT2D eigenvalue weighted by molar-refractivity contribution is -0.109. The molecule has 1 fully saturated rings. The Hall–Kier alpha value is -0.410. The summed E-state index contributed by atoms with van der Waals surface area (Å²) in [5.74, 6) is 0. The Bertz CT molecular complexity index is 159. The lowest BCUT2D eigenvalue weighted by Crippen LogP contribution is -2.40. The number of rotatable bonds is 3. The van der Waals surface area contributed by atoms with Crippen LogP contribution in [0.4, 0.5) is 0 Å². The molecule has 0 spiro atoms. The third-order valence-corrected chi connectivity index (χ3v) is 2.82. The highest BCUT2D eigenvalue weighted by molar-refractivity contribution is 5.52. The predicted octanol–water partition coefficient (Wildman–Crippen LogP) is 0.210. The molecule has 1 aliphatic rings. The summed E-state index contributed by atoms with van der Waals surface area (Å²) in [4.78, 5) is 14.8. The molecule has 3 heteroatoms. The first-order valence-corrected chi connectivity index (χ1v) is 4.51. The molecule has 1 rings (SSSR count). The van der Waals surface area contributed by atoms with Crippen molar-refractivity contribution in [2.24, 2.45) is 0 Å². The van der Waals surface area contributed by atoms with Crippen LogP contribution in [0.1, 0.15) is 13.3 Å². The summed E-state index contributed by atoms with van der Waals surface area (Å²) in [6.07, 6.45) is 2.18. The maximum atomic E-state index is 10.3. The van der Waals surface area contributed by atoms with Gasteiger partial charge in [0.25, 0.3) is 0 Å². The van der Waals surface area contributed by atoms with Gasteiger partial charge >= 0.3 is 0 Å². The second-order valence-corrected chi connectivity index (χ2v) is 3.72. The minimum absolute atomic E-state index is 0.519. The lowest BCUT2D eigenvalue weighted by Gasteiger charge is -2.27. The minimum Gasteiger partial charge on any atom is -0.305 e. The van der Waals surface area contributed by atoms with Crippen LogP contribution in [0.5, 0.6) is 0 Å². The van der Waals surface area contributed by atoms with E-state index >= 15 is 0 Å². The normalized spacial score (nSPS) is 31.3. The fourth-order valence-electron chi connectivity index (χ4n) is 2.03. The maximum absolute atomic E-state index is 10.3. The van der Waals surface area contributed by atoms with Gasteiger partial charge in [-0.15, -0.1) is 0 Å². The zero-order valence-corrected chi connectivity index (χ0v) is 8.16. The van der Waals surface area contributed by atoms with Gasteiger partial charge in [0.1, 0.15) is 6.29 Å². The summed E-state index contributed by atoms with van der Waals surface area (Å²) in [6.45, 7) is 3.84. The molecule has 0 radical (unpaired) electrons. The Morgan fingerprint density at radius 2 is 2.25 bits per heavy atom. The summed E-state index contributed by atoms with van der Waals surface area (Å²) < 4.78 is 0. The minimum atomic E-state index is 0.519. The number of nitrogens with zero attached hydrogens (tertiary/aromatic N) is 2. The van der Waals surface area contributed by atoms with E-state index in [9.17, 15) is 4.79 Å². The van der Waals surface area contributed by atoms with Gasteiger partial charge in [0, 0.05) is 18.6 Å². The largest absolute Gasteiger partial charge is 0.305 e. The molecule has 3 nitrogen and oxygen atoms in total. The van der Waals surface area contributed by atoms with Crippen molar-refractivity contribution >= 4 is 6.29 Å². The van der Waals surface area contributed by atoms with Crippen LogP contribution in [0.15, 0.2) is 0 Å². The molecular weight excluding hydrogens is 152 g/mol. The van der Waals surface area contributed by atoms with E-state index in [0.29, 0.717) is 18.6 Å². The van der Waals surface area contributed by atoms with Gasteiger partial charge in [-0.25, -0.2) is 0 Å². The Labute approximate surface area is 74.3 Å². The van der Waals surface area contributed by atoms with Gasteiger partial charge < -0.3 is 9.69 Å². The van der Waals surface area contributed by atoms with Crippen molar-refractivity contribution in [3.8, 4) is 0 Å².